The van der Waals surface area contributed by atoms with Crippen molar-refractivity contribution in [1.82, 2.24) is 0 Å². The molecule has 0 amide bonds. The predicted molar refractivity (Wildman–Crippen MR) is 44.2 cm³/mol. The third kappa shape index (κ3) is 1.00. The first-order valence-corrected chi connectivity index (χ1v) is 4.66. The molecule has 0 spiro atoms. The molecule has 0 bridgehead atoms. The Balaban J connectivity index is 2.04. The maximum atomic E-state index is 5.77. The van der Waals surface area contributed by atoms with Gasteiger partial charge < -0.3 is 10.5 Å². The van der Waals surface area contributed by atoms with E-state index in [9.17, 15) is 0 Å². The zero-order chi connectivity index (χ0) is 7.90. The first-order chi connectivity index (χ1) is 5.32. The monoisotopic (exact) mass is 155 g/mol. The van der Waals surface area contributed by atoms with E-state index in [4.69, 9.17) is 10.5 Å². The van der Waals surface area contributed by atoms with E-state index >= 15 is 0 Å². The maximum absolute atomic E-state index is 5.77. The Kier molecular flexibility index (Phi) is 1.69. The van der Waals surface area contributed by atoms with Crippen LogP contribution in [0.15, 0.2) is 0 Å². The van der Waals surface area contributed by atoms with Gasteiger partial charge in [0.25, 0.3) is 0 Å². The molecule has 2 nitrogen and oxygen atoms in total. The van der Waals surface area contributed by atoms with Gasteiger partial charge in [0.15, 0.2) is 0 Å². The van der Waals surface area contributed by atoms with Crippen LogP contribution in [0.2, 0.25) is 0 Å². The quantitative estimate of drug-likeness (QED) is 0.663. The summed E-state index contributed by atoms with van der Waals surface area (Å²) in [5, 5.41) is 0. The highest BCUT2D eigenvalue weighted by Gasteiger charge is 2.57. The smallest absolute Gasteiger partial charge is 0.0834 e. The Morgan fingerprint density at radius 3 is 2.82 bits per heavy atom. The fraction of sp³-hybridized carbons (Fsp3) is 1.00. The molecule has 64 valence electrons. The summed E-state index contributed by atoms with van der Waals surface area (Å²) < 4.78 is 5.77. The molecule has 0 aromatic rings. The second-order valence-corrected chi connectivity index (χ2v) is 3.84. The van der Waals surface area contributed by atoms with E-state index in [-0.39, 0.29) is 5.60 Å². The van der Waals surface area contributed by atoms with Crippen molar-refractivity contribution < 1.29 is 4.74 Å². The lowest BCUT2D eigenvalue weighted by Crippen LogP contribution is -2.41. The molecule has 0 aromatic heterocycles. The number of rotatable bonds is 3. The van der Waals surface area contributed by atoms with E-state index in [1.807, 2.05) is 0 Å². The van der Waals surface area contributed by atoms with Crippen LogP contribution in [0.5, 0.6) is 0 Å². The van der Waals surface area contributed by atoms with E-state index in [1.165, 1.54) is 19.3 Å². The Morgan fingerprint density at radius 2 is 2.45 bits per heavy atom. The normalized spacial score (nSPS) is 47.5. The molecular weight excluding hydrogens is 138 g/mol. The van der Waals surface area contributed by atoms with Crippen LogP contribution in [0.25, 0.3) is 0 Å². The Bertz CT molecular complexity index is 160. The van der Waals surface area contributed by atoms with E-state index < -0.39 is 0 Å². The van der Waals surface area contributed by atoms with Crippen molar-refractivity contribution in [3.63, 3.8) is 0 Å². The lowest BCUT2D eigenvalue weighted by atomic mass is 9.97. The predicted octanol–water partition coefficient (Wildman–Crippen LogP) is 1.15. The third-order valence-electron chi connectivity index (χ3n) is 3.31. The van der Waals surface area contributed by atoms with Gasteiger partial charge in [-0.1, -0.05) is 0 Å². The van der Waals surface area contributed by atoms with Crippen LogP contribution >= 0.6 is 0 Å². The molecule has 2 aliphatic rings. The second kappa shape index (κ2) is 2.46. The number of fused-ring (bicyclic) bond motifs is 1. The summed E-state index contributed by atoms with van der Waals surface area (Å²) in [6.07, 6.45) is 3.92. The molecule has 0 aliphatic heterocycles. The molecule has 2 N–H and O–H groups in total. The zero-order valence-corrected chi connectivity index (χ0v) is 7.18. The van der Waals surface area contributed by atoms with Gasteiger partial charge in [0.2, 0.25) is 0 Å². The largest absolute Gasteiger partial charge is 0.374 e. The van der Waals surface area contributed by atoms with Crippen molar-refractivity contribution in [2.45, 2.75) is 31.8 Å². The van der Waals surface area contributed by atoms with Crippen molar-refractivity contribution in [1.29, 1.82) is 0 Å². The van der Waals surface area contributed by atoms with Crippen LogP contribution in [0.3, 0.4) is 0 Å². The fourth-order valence-electron chi connectivity index (χ4n) is 2.61. The molecule has 3 atom stereocenters. The lowest BCUT2D eigenvalue weighted by Gasteiger charge is -2.29. The molecule has 11 heavy (non-hydrogen) atoms. The van der Waals surface area contributed by atoms with Crippen LogP contribution in [-0.4, -0.2) is 18.8 Å². The van der Waals surface area contributed by atoms with Gasteiger partial charge in [-0.2, -0.15) is 0 Å². The van der Waals surface area contributed by atoms with Gasteiger partial charge in [-0.05, 0) is 38.0 Å². The average Bonchev–Trinajstić information content (AvgIpc) is 2.73. The summed E-state index contributed by atoms with van der Waals surface area (Å²) in [4.78, 5) is 0. The Labute approximate surface area is 68.1 Å². The van der Waals surface area contributed by atoms with Crippen LogP contribution in [0.4, 0.5) is 0 Å². The van der Waals surface area contributed by atoms with Gasteiger partial charge in [0.1, 0.15) is 0 Å². The summed E-state index contributed by atoms with van der Waals surface area (Å²) in [7, 11) is 0. The van der Waals surface area contributed by atoms with Crippen molar-refractivity contribution in [3.05, 3.63) is 0 Å². The number of hydrogen-bond acceptors (Lipinski definition) is 2. The molecule has 2 aliphatic carbocycles. The highest BCUT2D eigenvalue weighted by Crippen LogP contribution is 2.58. The molecule has 0 saturated heterocycles. The standard InChI is InChI=1S/C9H17NO/c1-2-11-9(6-10)4-3-7-5-8(7)9/h7-8H,2-6,10H2,1H3/t7-,8+,9?/m1/s1. The first-order valence-electron chi connectivity index (χ1n) is 4.66. The van der Waals surface area contributed by atoms with Crippen LogP contribution in [-0.2, 0) is 4.74 Å². The SMILES string of the molecule is CCOC1(CN)CC[C@@H]2C[C@@H]21. The van der Waals surface area contributed by atoms with Gasteiger partial charge in [-0.25, -0.2) is 0 Å². The summed E-state index contributed by atoms with van der Waals surface area (Å²) in [5.41, 5.74) is 5.84. The molecule has 0 aromatic carbocycles. The average molecular weight is 155 g/mol. The van der Waals surface area contributed by atoms with Gasteiger partial charge in [0, 0.05) is 13.2 Å². The molecule has 2 saturated carbocycles. The van der Waals surface area contributed by atoms with Crippen LogP contribution < -0.4 is 5.73 Å². The molecular formula is C9H17NO. The molecule has 0 heterocycles. The lowest BCUT2D eigenvalue weighted by molar-refractivity contribution is -0.0435. The van der Waals surface area contributed by atoms with Gasteiger partial charge in [-0.3, -0.25) is 0 Å². The van der Waals surface area contributed by atoms with Crippen molar-refractivity contribution >= 4 is 0 Å². The van der Waals surface area contributed by atoms with Gasteiger partial charge >= 0.3 is 0 Å². The van der Waals surface area contributed by atoms with Crippen molar-refractivity contribution in [2.24, 2.45) is 17.6 Å². The second-order valence-electron chi connectivity index (χ2n) is 3.84. The number of nitrogens with two attached hydrogens (primary N) is 1. The highest BCUT2D eigenvalue weighted by atomic mass is 16.5. The minimum atomic E-state index is 0.0966. The Morgan fingerprint density at radius 1 is 1.64 bits per heavy atom. The number of ether oxygens (including phenoxy) is 1. The van der Waals surface area contributed by atoms with Crippen LogP contribution in [0, 0.1) is 11.8 Å². The summed E-state index contributed by atoms with van der Waals surface area (Å²) in [6.45, 7) is 3.61. The third-order valence-corrected chi connectivity index (χ3v) is 3.31. The van der Waals surface area contributed by atoms with E-state index in [1.54, 1.807) is 0 Å². The van der Waals surface area contributed by atoms with E-state index in [0.29, 0.717) is 0 Å². The summed E-state index contributed by atoms with van der Waals surface area (Å²) >= 11 is 0. The minimum absolute atomic E-state index is 0.0966. The van der Waals surface area contributed by atoms with Crippen molar-refractivity contribution in [2.75, 3.05) is 13.2 Å². The van der Waals surface area contributed by atoms with E-state index in [2.05, 4.69) is 6.92 Å². The molecule has 2 heteroatoms. The first kappa shape index (κ1) is 7.56. The van der Waals surface area contributed by atoms with Crippen LogP contribution in [0.1, 0.15) is 26.2 Å². The fourth-order valence-corrected chi connectivity index (χ4v) is 2.61. The highest BCUT2D eigenvalue weighted by molar-refractivity contribution is 5.09. The topological polar surface area (TPSA) is 35.2 Å². The molecule has 0 radical (unpaired) electrons. The molecule has 2 rings (SSSR count). The summed E-state index contributed by atoms with van der Waals surface area (Å²) in [5.74, 6) is 1.78. The van der Waals surface area contributed by atoms with E-state index in [0.717, 1.165) is 25.0 Å². The van der Waals surface area contributed by atoms with Crippen molar-refractivity contribution in [3.8, 4) is 0 Å². The van der Waals surface area contributed by atoms with Gasteiger partial charge in [0.05, 0.1) is 5.60 Å². The Hall–Kier alpha value is -0.0800. The summed E-state index contributed by atoms with van der Waals surface area (Å²) in [6, 6.07) is 0. The minimum Gasteiger partial charge on any atom is -0.374 e. The maximum Gasteiger partial charge on any atom is 0.0834 e. The van der Waals surface area contributed by atoms with Gasteiger partial charge in [-0.15, -0.1) is 0 Å². The zero-order valence-electron chi connectivity index (χ0n) is 7.18. The number of hydrogen-bond donors (Lipinski definition) is 1. The molecule has 1 unspecified atom stereocenters. The molecule has 2 fully saturated rings.